The van der Waals surface area contributed by atoms with Crippen LogP contribution in [0.3, 0.4) is 0 Å². The highest BCUT2D eigenvalue weighted by molar-refractivity contribution is 7.99. The average Bonchev–Trinajstić information content (AvgIpc) is 2.93. The monoisotopic (exact) mass is 327 g/mol. The summed E-state index contributed by atoms with van der Waals surface area (Å²) in [7, 11) is 0. The minimum Gasteiger partial charge on any atom is -0.486 e. The lowest BCUT2D eigenvalue weighted by Gasteiger charge is -2.03. The Hall–Kier alpha value is -1.73. The Bertz CT molecular complexity index is 589. The highest BCUT2D eigenvalue weighted by Gasteiger charge is 2.08. The molecule has 0 saturated heterocycles. The molecule has 0 fully saturated rings. The van der Waals surface area contributed by atoms with Crippen molar-refractivity contribution >= 4 is 29.3 Å². The van der Waals surface area contributed by atoms with Gasteiger partial charge in [0.15, 0.2) is 5.82 Å². The average molecular weight is 328 g/mol. The van der Waals surface area contributed by atoms with E-state index in [1.165, 1.54) is 11.8 Å². The van der Waals surface area contributed by atoms with Crippen LogP contribution in [-0.2, 0) is 16.1 Å². The second-order valence-corrected chi connectivity index (χ2v) is 5.28. The largest absolute Gasteiger partial charge is 0.486 e. The van der Waals surface area contributed by atoms with E-state index in [4.69, 9.17) is 21.1 Å². The SMILES string of the molecule is CCOC(=O)CSc1n[nH]c(COc2ccc(Cl)cc2)n1. The van der Waals surface area contributed by atoms with E-state index in [0.29, 0.717) is 28.4 Å². The van der Waals surface area contributed by atoms with Gasteiger partial charge in [-0.25, -0.2) is 4.98 Å². The number of rotatable bonds is 7. The predicted octanol–water partition coefficient (Wildman–Crippen LogP) is 2.69. The van der Waals surface area contributed by atoms with Gasteiger partial charge in [0.2, 0.25) is 5.16 Å². The van der Waals surface area contributed by atoms with Crippen LogP contribution in [0.15, 0.2) is 29.4 Å². The number of nitrogens with zero attached hydrogens (tertiary/aromatic N) is 2. The molecule has 0 bridgehead atoms. The van der Waals surface area contributed by atoms with Crippen molar-refractivity contribution < 1.29 is 14.3 Å². The molecule has 0 atom stereocenters. The first-order chi connectivity index (χ1) is 10.2. The van der Waals surface area contributed by atoms with Gasteiger partial charge in [0.1, 0.15) is 12.4 Å². The summed E-state index contributed by atoms with van der Waals surface area (Å²) in [5.41, 5.74) is 0. The third-order valence-electron chi connectivity index (χ3n) is 2.32. The smallest absolute Gasteiger partial charge is 0.316 e. The summed E-state index contributed by atoms with van der Waals surface area (Å²) in [6.45, 7) is 2.39. The number of aromatic amines is 1. The van der Waals surface area contributed by atoms with Gasteiger partial charge in [-0.1, -0.05) is 23.4 Å². The molecule has 0 aliphatic heterocycles. The van der Waals surface area contributed by atoms with E-state index in [2.05, 4.69) is 15.2 Å². The van der Waals surface area contributed by atoms with Crippen molar-refractivity contribution in [1.82, 2.24) is 15.2 Å². The molecule has 2 aromatic rings. The van der Waals surface area contributed by atoms with Crippen LogP contribution < -0.4 is 4.74 Å². The van der Waals surface area contributed by atoms with E-state index in [-0.39, 0.29) is 18.3 Å². The number of aromatic nitrogens is 3. The van der Waals surface area contributed by atoms with Crippen LogP contribution in [0.2, 0.25) is 5.02 Å². The van der Waals surface area contributed by atoms with E-state index >= 15 is 0 Å². The van der Waals surface area contributed by atoms with Gasteiger partial charge in [0.25, 0.3) is 0 Å². The quantitative estimate of drug-likeness (QED) is 0.622. The van der Waals surface area contributed by atoms with Gasteiger partial charge >= 0.3 is 5.97 Å². The minimum atomic E-state index is -0.286. The first-order valence-corrected chi connectivity index (χ1v) is 7.62. The Kier molecular flexibility index (Phi) is 5.89. The molecular formula is C13H14ClN3O3S. The standard InChI is InChI=1S/C13H14ClN3O3S/c1-2-19-12(18)8-21-13-15-11(16-17-13)7-20-10-5-3-9(14)4-6-10/h3-6H,2,7-8H2,1H3,(H,15,16,17). The van der Waals surface area contributed by atoms with Gasteiger partial charge in [0, 0.05) is 5.02 Å². The lowest BCUT2D eigenvalue weighted by molar-refractivity contribution is -0.139. The first-order valence-electron chi connectivity index (χ1n) is 6.25. The molecular weight excluding hydrogens is 314 g/mol. The molecule has 0 aliphatic rings. The van der Waals surface area contributed by atoms with Crippen molar-refractivity contribution in [1.29, 1.82) is 0 Å². The molecule has 8 heteroatoms. The van der Waals surface area contributed by atoms with Crippen molar-refractivity contribution in [3.8, 4) is 5.75 Å². The van der Waals surface area contributed by atoms with Crippen LogP contribution in [0, 0.1) is 0 Å². The summed E-state index contributed by atoms with van der Waals surface area (Å²) in [6.07, 6.45) is 0. The zero-order valence-corrected chi connectivity index (χ0v) is 12.9. The lowest BCUT2D eigenvalue weighted by atomic mass is 10.3. The van der Waals surface area contributed by atoms with Gasteiger partial charge in [-0.15, -0.1) is 5.10 Å². The maximum Gasteiger partial charge on any atom is 0.316 e. The van der Waals surface area contributed by atoms with E-state index in [9.17, 15) is 4.79 Å². The molecule has 112 valence electrons. The van der Waals surface area contributed by atoms with Gasteiger partial charge in [0.05, 0.1) is 12.4 Å². The van der Waals surface area contributed by atoms with Gasteiger partial charge < -0.3 is 9.47 Å². The number of benzene rings is 1. The van der Waals surface area contributed by atoms with Crippen LogP contribution in [0.25, 0.3) is 0 Å². The molecule has 2 rings (SSSR count). The van der Waals surface area contributed by atoms with Crippen LogP contribution in [0.1, 0.15) is 12.7 Å². The highest BCUT2D eigenvalue weighted by Crippen LogP contribution is 2.17. The number of carbonyl (C=O) groups is 1. The van der Waals surface area contributed by atoms with Crippen LogP contribution in [0.5, 0.6) is 5.75 Å². The Morgan fingerprint density at radius 2 is 2.14 bits per heavy atom. The summed E-state index contributed by atoms with van der Waals surface area (Å²) < 4.78 is 10.4. The number of halogens is 1. The maximum atomic E-state index is 11.2. The summed E-state index contributed by atoms with van der Waals surface area (Å²) in [5.74, 6) is 1.17. The van der Waals surface area contributed by atoms with Crippen molar-refractivity contribution in [3.63, 3.8) is 0 Å². The summed E-state index contributed by atoms with van der Waals surface area (Å²) >= 11 is 7.00. The number of H-pyrrole nitrogens is 1. The maximum absolute atomic E-state index is 11.2. The van der Waals surface area contributed by atoms with Gasteiger partial charge in [-0.3, -0.25) is 9.89 Å². The second kappa shape index (κ2) is 7.90. The molecule has 6 nitrogen and oxygen atoms in total. The molecule has 0 saturated carbocycles. The zero-order valence-electron chi connectivity index (χ0n) is 11.3. The molecule has 1 aromatic carbocycles. The third-order valence-corrected chi connectivity index (χ3v) is 3.40. The molecule has 0 radical (unpaired) electrons. The number of hydrogen-bond acceptors (Lipinski definition) is 6. The number of thioether (sulfide) groups is 1. The Morgan fingerprint density at radius 3 is 2.86 bits per heavy atom. The van der Waals surface area contributed by atoms with Crippen LogP contribution >= 0.6 is 23.4 Å². The normalized spacial score (nSPS) is 10.4. The van der Waals surface area contributed by atoms with Gasteiger partial charge in [-0.2, -0.15) is 0 Å². The number of nitrogens with one attached hydrogen (secondary N) is 1. The Labute approximate surface area is 131 Å². The molecule has 0 amide bonds. The molecule has 1 aromatic heterocycles. The van der Waals surface area contributed by atoms with E-state index in [1.807, 2.05) is 0 Å². The Morgan fingerprint density at radius 1 is 1.38 bits per heavy atom. The molecule has 0 spiro atoms. The third kappa shape index (κ3) is 5.28. The van der Waals surface area contributed by atoms with Gasteiger partial charge in [-0.05, 0) is 31.2 Å². The fourth-order valence-electron chi connectivity index (χ4n) is 1.42. The topological polar surface area (TPSA) is 77.1 Å². The number of hydrogen-bond donors (Lipinski definition) is 1. The number of ether oxygens (including phenoxy) is 2. The summed E-state index contributed by atoms with van der Waals surface area (Å²) in [4.78, 5) is 15.4. The summed E-state index contributed by atoms with van der Waals surface area (Å²) in [5, 5.41) is 7.89. The minimum absolute atomic E-state index is 0.184. The summed E-state index contributed by atoms with van der Waals surface area (Å²) in [6, 6.07) is 7.04. The molecule has 1 heterocycles. The molecule has 1 N–H and O–H groups in total. The molecule has 0 unspecified atom stereocenters. The van der Waals surface area contributed by atoms with Crippen molar-refractivity contribution in [2.45, 2.75) is 18.7 Å². The van der Waals surface area contributed by atoms with Crippen molar-refractivity contribution in [2.24, 2.45) is 0 Å². The van der Waals surface area contributed by atoms with Crippen LogP contribution in [-0.4, -0.2) is 33.5 Å². The lowest BCUT2D eigenvalue weighted by Crippen LogP contribution is -2.06. The van der Waals surface area contributed by atoms with Crippen molar-refractivity contribution in [3.05, 3.63) is 35.1 Å². The van der Waals surface area contributed by atoms with E-state index in [0.717, 1.165) is 0 Å². The fraction of sp³-hybridized carbons (Fsp3) is 0.308. The fourth-order valence-corrected chi connectivity index (χ4v) is 2.16. The van der Waals surface area contributed by atoms with Crippen molar-refractivity contribution in [2.75, 3.05) is 12.4 Å². The Balaban J connectivity index is 1.80. The number of esters is 1. The second-order valence-electron chi connectivity index (χ2n) is 3.90. The van der Waals surface area contributed by atoms with E-state index in [1.54, 1.807) is 31.2 Å². The first kappa shape index (κ1) is 15.7. The van der Waals surface area contributed by atoms with Crippen LogP contribution in [0.4, 0.5) is 0 Å². The molecule has 21 heavy (non-hydrogen) atoms. The highest BCUT2D eigenvalue weighted by atomic mass is 35.5. The predicted molar refractivity (Wildman–Crippen MR) is 79.5 cm³/mol. The number of carbonyl (C=O) groups excluding carboxylic acids is 1. The van der Waals surface area contributed by atoms with E-state index < -0.39 is 0 Å². The zero-order chi connectivity index (χ0) is 15.1. The molecule has 0 aliphatic carbocycles.